The van der Waals surface area contributed by atoms with Crippen LogP contribution in [0.3, 0.4) is 0 Å². The summed E-state index contributed by atoms with van der Waals surface area (Å²) in [5.41, 5.74) is 1.76. The molecule has 0 aliphatic carbocycles. The Morgan fingerprint density at radius 3 is 2.75 bits per heavy atom. The molecule has 1 amide bonds. The lowest BCUT2D eigenvalue weighted by Gasteiger charge is -2.41. The zero-order chi connectivity index (χ0) is 16.9. The van der Waals surface area contributed by atoms with Crippen molar-refractivity contribution in [1.82, 2.24) is 19.8 Å². The van der Waals surface area contributed by atoms with Gasteiger partial charge in [-0.05, 0) is 17.9 Å². The topological polar surface area (TPSA) is 49.3 Å². The van der Waals surface area contributed by atoms with E-state index in [1.165, 1.54) is 11.8 Å². The van der Waals surface area contributed by atoms with Gasteiger partial charge < -0.3 is 4.90 Å². The zero-order valence-corrected chi connectivity index (χ0v) is 14.3. The maximum atomic E-state index is 12.6. The quantitative estimate of drug-likeness (QED) is 0.867. The summed E-state index contributed by atoms with van der Waals surface area (Å²) in [7, 11) is 1.88. The average molecular weight is 324 g/mol. The molecular formula is C19H24N4O. The van der Waals surface area contributed by atoms with Gasteiger partial charge in [0.15, 0.2) is 0 Å². The highest BCUT2D eigenvalue weighted by Crippen LogP contribution is 2.23. The number of aromatic nitrogens is 2. The summed E-state index contributed by atoms with van der Waals surface area (Å²) in [6.45, 7) is 5.20. The molecule has 1 aliphatic heterocycles. The number of amides is 1. The number of rotatable bonds is 4. The number of nitrogens with zero attached hydrogens (tertiary/aromatic N) is 4. The second-order valence-corrected chi connectivity index (χ2v) is 6.56. The van der Waals surface area contributed by atoms with Crippen LogP contribution >= 0.6 is 0 Å². The third kappa shape index (κ3) is 3.79. The first kappa shape index (κ1) is 16.6. The predicted octanol–water partition coefficient (Wildman–Crippen LogP) is 2.46. The summed E-state index contributed by atoms with van der Waals surface area (Å²) in [5, 5.41) is 0. The first-order valence-corrected chi connectivity index (χ1v) is 8.44. The van der Waals surface area contributed by atoms with E-state index in [1.807, 2.05) is 18.0 Å². The van der Waals surface area contributed by atoms with E-state index < -0.39 is 0 Å². The fraction of sp³-hybridized carbons (Fsp3) is 0.421. The van der Waals surface area contributed by atoms with Gasteiger partial charge in [-0.1, -0.05) is 37.3 Å². The molecule has 1 fully saturated rings. The molecule has 5 heteroatoms. The van der Waals surface area contributed by atoms with Gasteiger partial charge in [0.2, 0.25) is 0 Å². The lowest BCUT2D eigenvalue weighted by molar-refractivity contribution is 0.0492. The highest BCUT2D eigenvalue weighted by atomic mass is 16.2. The van der Waals surface area contributed by atoms with E-state index in [0.29, 0.717) is 11.6 Å². The summed E-state index contributed by atoms with van der Waals surface area (Å²) in [5.74, 6) is 0.379. The highest BCUT2D eigenvalue weighted by molar-refractivity contribution is 5.92. The van der Waals surface area contributed by atoms with Crippen molar-refractivity contribution in [1.29, 1.82) is 0 Å². The standard InChI is InChI=1S/C19H24N4O/c1-15-13-23(14-16-6-4-3-5-7-16)11-8-18(15)22(2)19(24)17-12-20-9-10-21-17/h3-7,9-10,12,15,18H,8,11,13-14H2,1-2H3/t15-,18+/m0/s1. The van der Waals surface area contributed by atoms with Gasteiger partial charge in [0.1, 0.15) is 5.69 Å². The third-order valence-electron chi connectivity index (χ3n) is 4.79. The van der Waals surface area contributed by atoms with E-state index in [2.05, 4.69) is 46.1 Å². The normalized spacial score (nSPS) is 21.4. The molecule has 1 aromatic carbocycles. The molecule has 126 valence electrons. The Hall–Kier alpha value is -2.27. The molecule has 0 spiro atoms. The van der Waals surface area contributed by atoms with Crippen LogP contribution in [0.1, 0.15) is 29.4 Å². The summed E-state index contributed by atoms with van der Waals surface area (Å²) < 4.78 is 0. The van der Waals surface area contributed by atoms with Crippen LogP contribution in [-0.4, -0.2) is 51.9 Å². The SMILES string of the molecule is C[C@H]1CN(Cc2ccccc2)CC[C@H]1N(C)C(=O)c1cnccn1. The molecule has 24 heavy (non-hydrogen) atoms. The summed E-state index contributed by atoms with van der Waals surface area (Å²) in [6, 6.07) is 10.8. The van der Waals surface area contributed by atoms with Crippen molar-refractivity contribution in [3.05, 3.63) is 60.2 Å². The Morgan fingerprint density at radius 1 is 1.29 bits per heavy atom. The zero-order valence-electron chi connectivity index (χ0n) is 14.3. The van der Waals surface area contributed by atoms with Crippen LogP contribution < -0.4 is 0 Å². The molecule has 1 aliphatic rings. The van der Waals surface area contributed by atoms with Gasteiger partial charge in [0, 0.05) is 45.1 Å². The first-order chi connectivity index (χ1) is 11.6. The van der Waals surface area contributed by atoms with Gasteiger partial charge in [0.25, 0.3) is 5.91 Å². The number of likely N-dealkylation sites (tertiary alicyclic amines) is 1. The minimum atomic E-state index is -0.0449. The minimum absolute atomic E-state index is 0.0449. The molecule has 0 N–H and O–H groups in total. The monoisotopic (exact) mass is 324 g/mol. The van der Waals surface area contributed by atoms with Crippen LogP contribution in [0.15, 0.2) is 48.9 Å². The van der Waals surface area contributed by atoms with Crippen LogP contribution in [0.2, 0.25) is 0 Å². The summed E-state index contributed by atoms with van der Waals surface area (Å²) >= 11 is 0. The Balaban J connectivity index is 1.60. The van der Waals surface area contributed by atoms with Crippen molar-refractivity contribution >= 4 is 5.91 Å². The van der Waals surface area contributed by atoms with Crippen molar-refractivity contribution in [2.45, 2.75) is 25.9 Å². The molecule has 1 saturated heterocycles. The van der Waals surface area contributed by atoms with E-state index in [0.717, 1.165) is 26.1 Å². The van der Waals surface area contributed by atoms with Gasteiger partial charge in [-0.15, -0.1) is 0 Å². The second-order valence-electron chi connectivity index (χ2n) is 6.56. The van der Waals surface area contributed by atoms with Crippen LogP contribution in [0.5, 0.6) is 0 Å². The van der Waals surface area contributed by atoms with Crippen molar-refractivity contribution < 1.29 is 4.79 Å². The molecular weight excluding hydrogens is 300 g/mol. The summed E-state index contributed by atoms with van der Waals surface area (Å²) in [4.78, 5) is 25.0. The van der Waals surface area contributed by atoms with E-state index in [4.69, 9.17) is 0 Å². The molecule has 2 atom stereocenters. The minimum Gasteiger partial charge on any atom is -0.337 e. The maximum absolute atomic E-state index is 12.6. The van der Waals surface area contributed by atoms with Crippen molar-refractivity contribution in [2.75, 3.05) is 20.1 Å². The number of carbonyl (C=O) groups is 1. The maximum Gasteiger partial charge on any atom is 0.274 e. The fourth-order valence-corrected chi connectivity index (χ4v) is 3.52. The van der Waals surface area contributed by atoms with Crippen LogP contribution in [-0.2, 0) is 6.54 Å². The molecule has 0 saturated carbocycles. The molecule has 0 unspecified atom stereocenters. The average Bonchev–Trinajstić information content (AvgIpc) is 2.62. The largest absolute Gasteiger partial charge is 0.337 e. The molecule has 2 aromatic rings. The molecule has 5 nitrogen and oxygen atoms in total. The van der Waals surface area contributed by atoms with Crippen molar-refractivity contribution in [3.63, 3.8) is 0 Å². The lowest BCUT2D eigenvalue weighted by Crippen LogP contribution is -2.50. The Kier molecular flexibility index (Phi) is 5.20. The van der Waals surface area contributed by atoms with E-state index in [1.54, 1.807) is 12.4 Å². The number of piperidine rings is 1. The van der Waals surface area contributed by atoms with E-state index in [-0.39, 0.29) is 11.9 Å². The summed E-state index contributed by atoms with van der Waals surface area (Å²) in [6.07, 6.45) is 5.67. The third-order valence-corrected chi connectivity index (χ3v) is 4.79. The number of benzene rings is 1. The van der Waals surface area contributed by atoms with Crippen LogP contribution in [0.25, 0.3) is 0 Å². The van der Waals surface area contributed by atoms with Gasteiger partial charge in [-0.2, -0.15) is 0 Å². The lowest BCUT2D eigenvalue weighted by atomic mass is 9.92. The highest BCUT2D eigenvalue weighted by Gasteiger charge is 2.31. The van der Waals surface area contributed by atoms with Gasteiger partial charge in [-0.3, -0.25) is 14.7 Å². The molecule has 2 heterocycles. The van der Waals surface area contributed by atoms with Crippen molar-refractivity contribution in [3.8, 4) is 0 Å². The van der Waals surface area contributed by atoms with Crippen LogP contribution in [0, 0.1) is 5.92 Å². The van der Waals surface area contributed by atoms with Gasteiger partial charge >= 0.3 is 0 Å². The van der Waals surface area contributed by atoms with Crippen molar-refractivity contribution in [2.24, 2.45) is 5.92 Å². The van der Waals surface area contributed by atoms with Gasteiger partial charge in [-0.25, -0.2) is 4.98 Å². The molecule has 1 aromatic heterocycles. The first-order valence-electron chi connectivity index (χ1n) is 8.44. The Bertz CT molecular complexity index is 662. The molecule has 0 radical (unpaired) electrons. The van der Waals surface area contributed by atoms with E-state index in [9.17, 15) is 4.79 Å². The number of carbonyl (C=O) groups excluding carboxylic acids is 1. The Labute approximate surface area is 143 Å². The fourth-order valence-electron chi connectivity index (χ4n) is 3.52. The molecule has 3 rings (SSSR count). The number of hydrogen-bond acceptors (Lipinski definition) is 4. The smallest absolute Gasteiger partial charge is 0.274 e. The van der Waals surface area contributed by atoms with Gasteiger partial charge in [0.05, 0.1) is 6.20 Å². The van der Waals surface area contributed by atoms with Crippen LogP contribution in [0.4, 0.5) is 0 Å². The Morgan fingerprint density at radius 2 is 2.08 bits per heavy atom. The number of hydrogen-bond donors (Lipinski definition) is 0. The predicted molar refractivity (Wildman–Crippen MR) is 93.4 cm³/mol. The molecule has 0 bridgehead atoms. The second kappa shape index (κ2) is 7.53. The van der Waals surface area contributed by atoms with E-state index >= 15 is 0 Å².